The molecule has 0 radical (unpaired) electrons. The van der Waals surface area contributed by atoms with Crippen LogP contribution in [0.3, 0.4) is 0 Å². The number of benzene rings is 2. The predicted molar refractivity (Wildman–Crippen MR) is 84.4 cm³/mol. The molecule has 0 unspecified atom stereocenters. The average Bonchev–Trinajstić information content (AvgIpc) is 2.48. The van der Waals surface area contributed by atoms with E-state index in [4.69, 9.17) is 23.2 Å². The van der Waals surface area contributed by atoms with E-state index in [9.17, 15) is 9.90 Å². The van der Waals surface area contributed by atoms with E-state index >= 15 is 0 Å². The Kier molecular flexibility index (Phi) is 4.83. The monoisotopic (exact) mass is 322 g/mol. The van der Waals surface area contributed by atoms with Gasteiger partial charge >= 0.3 is 0 Å². The summed E-state index contributed by atoms with van der Waals surface area (Å²) in [5, 5.41) is 13.8. The first-order valence-electron chi connectivity index (χ1n) is 6.06. The van der Waals surface area contributed by atoms with E-state index in [0.29, 0.717) is 11.1 Å². The predicted octanol–water partition coefficient (Wildman–Crippen LogP) is 3.77. The van der Waals surface area contributed by atoms with Gasteiger partial charge < -0.3 is 5.11 Å². The molecule has 0 saturated carbocycles. The van der Waals surface area contributed by atoms with Gasteiger partial charge in [-0.15, -0.1) is 0 Å². The first-order chi connectivity index (χ1) is 9.99. The first kappa shape index (κ1) is 15.4. The zero-order valence-corrected chi connectivity index (χ0v) is 12.6. The van der Waals surface area contributed by atoms with Gasteiger partial charge in [0.05, 0.1) is 11.2 Å². The zero-order valence-electron chi connectivity index (χ0n) is 11.1. The van der Waals surface area contributed by atoms with Crippen molar-refractivity contribution in [3.63, 3.8) is 0 Å². The van der Waals surface area contributed by atoms with Crippen LogP contribution in [0.25, 0.3) is 0 Å². The second-order valence-electron chi connectivity index (χ2n) is 4.36. The van der Waals surface area contributed by atoms with E-state index in [2.05, 4.69) is 10.5 Å². The Labute approximate surface area is 132 Å². The van der Waals surface area contributed by atoms with Gasteiger partial charge in [0.2, 0.25) is 0 Å². The number of amides is 1. The summed E-state index contributed by atoms with van der Waals surface area (Å²) in [7, 11) is 0. The van der Waals surface area contributed by atoms with E-state index in [1.54, 1.807) is 18.2 Å². The number of nitrogens with one attached hydrogen (secondary N) is 1. The van der Waals surface area contributed by atoms with Crippen LogP contribution >= 0.6 is 23.2 Å². The third-order valence-electron chi connectivity index (χ3n) is 2.78. The van der Waals surface area contributed by atoms with E-state index in [0.717, 1.165) is 5.56 Å². The standard InChI is InChI=1S/C15H12Cl2N2O2/c1-9-2-4-10(5-3-9)15(21)19-18-8-11-6-7-12(16)13(17)14(11)20/h2-8,20H,1H3,(H,19,21)/b18-8+. The Balaban J connectivity index is 2.07. The molecule has 6 heteroatoms. The molecule has 0 aliphatic carbocycles. The second kappa shape index (κ2) is 6.61. The highest BCUT2D eigenvalue weighted by Gasteiger charge is 2.08. The Bertz CT molecular complexity index is 698. The van der Waals surface area contributed by atoms with Crippen LogP contribution in [0.4, 0.5) is 0 Å². The lowest BCUT2D eigenvalue weighted by Crippen LogP contribution is -2.17. The van der Waals surface area contributed by atoms with E-state index in [-0.39, 0.29) is 21.7 Å². The van der Waals surface area contributed by atoms with E-state index < -0.39 is 0 Å². The molecule has 0 aliphatic heterocycles. The van der Waals surface area contributed by atoms with E-state index in [1.165, 1.54) is 12.3 Å². The quantitative estimate of drug-likeness (QED) is 0.667. The first-order valence-corrected chi connectivity index (χ1v) is 6.81. The second-order valence-corrected chi connectivity index (χ2v) is 5.15. The summed E-state index contributed by atoms with van der Waals surface area (Å²) in [6.45, 7) is 1.94. The fraction of sp³-hybridized carbons (Fsp3) is 0.0667. The Morgan fingerprint density at radius 2 is 1.86 bits per heavy atom. The summed E-state index contributed by atoms with van der Waals surface area (Å²) in [6, 6.07) is 10.2. The molecule has 0 aromatic heterocycles. The molecular weight excluding hydrogens is 311 g/mol. The van der Waals surface area contributed by atoms with Crippen molar-refractivity contribution in [2.24, 2.45) is 5.10 Å². The van der Waals surface area contributed by atoms with Crippen LogP contribution < -0.4 is 5.43 Å². The SMILES string of the molecule is Cc1ccc(C(=O)N/N=C/c2ccc(Cl)c(Cl)c2O)cc1. The molecule has 0 aliphatic rings. The zero-order chi connectivity index (χ0) is 15.4. The molecule has 1 amide bonds. The van der Waals surface area contributed by atoms with Crippen LogP contribution in [0.5, 0.6) is 5.75 Å². The van der Waals surface area contributed by atoms with E-state index in [1.807, 2.05) is 19.1 Å². The Morgan fingerprint density at radius 3 is 2.52 bits per heavy atom. The van der Waals surface area contributed by atoms with Crippen molar-refractivity contribution in [2.75, 3.05) is 0 Å². The van der Waals surface area contributed by atoms with Crippen molar-refractivity contribution in [3.05, 3.63) is 63.1 Å². The smallest absolute Gasteiger partial charge is 0.271 e. The lowest BCUT2D eigenvalue weighted by Gasteiger charge is -2.03. The number of carbonyl (C=O) groups is 1. The molecular formula is C15H12Cl2N2O2. The largest absolute Gasteiger partial charge is 0.506 e. The van der Waals surface area contributed by atoms with Crippen LogP contribution in [0.15, 0.2) is 41.5 Å². The number of carbonyl (C=O) groups excluding carboxylic acids is 1. The highest BCUT2D eigenvalue weighted by molar-refractivity contribution is 6.43. The van der Waals surface area contributed by atoms with Crippen LogP contribution in [-0.2, 0) is 0 Å². The molecule has 21 heavy (non-hydrogen) atoms. The summed E-state index contributed by atoms with van der Waals surface area (Å²) >= 11 is 11.6. The van der Waals surface area contributed by atoms with Crippen molar-refractivity contribution in [1.82, 2.24) is 5.43 Å². The normalized spacial score (nSPS) is 10.8. The van der Waals surface area contributed by atoms with Crippen molar-refractivity contribution in [3.8, 4) is 5.75 Å². The molecule has 0 spiro atoms. The van der Waals surface area contributed by atoms with Gasteiger partial charge in [0, 0.05) is 11.1 Å². The van der Waals surface area contributed by atoms with Gasteiger partial charge in [-0.1, -0.05) is 40.9 Å². The highest BCUT2D eigenvalue weighted by Crippen LogP contribution is 2.33. The number of aromatic hydroxyl groups is 1. The van der Waals surface area contributed by atoms with Crippen LogP contribution in [0.2, 0.25) is 10.0 Å². The van der Waals surface area contributed by atoms with Crippen molar-refractivity contribution in [1.29, 1.82) is 0 Å². The number of hydrogen-bond acceptors (Lipinski definition) is 3. The fourth-order valence-corrected chi connectivity index (χ4v) is 1.91. The van der Waals surface area contributed by atoms with Gasteiger partial charge in [0.1, 0.15) is 10.8 Å². The molecule has 0 atom stereocenters. The molecule has 2 aromatic rings. The summed E-state index contributed by atoms with van der Waals surface area (Å²) in [4.78, 5) is 11.8. The maximum Gasteiger partial charge on any atom is 0.271 e. The van der Waals surface area contributed by atoms with Gasteiger partial charge in [-0.25, -0.2) is 5.43 Å². The molecule has 108 valence electrons. The number of phenols is 1. The lowest BCUT2D eigenvalue weighted by molar-refractivity contribution is 0.0955. The number of nitrogens with zero attached hydrogens (tertiary/aromatic N) is 1. The maximum absolute atomic E-state index is 11.8. The molecule has 0 heterocycles. The lowest BCUT2D eigenvalue weighted by atomic mass is 10.1. The maximum atomic E-state index is 11.8. The number of hydrogen-bond donors (Lipinski definition) is 2. The summed E-state index contributed by atoms with van der Waals surface area (Å²) < 4.78 is 0. The average molecular weight is 323 g/mol. The number of halogens is 2. The topological polar surface area (TPSA) is 61.7 Å². The van der Waals surface area contributed by atoms with Crippen LogP contribution in [0.1, 0.15) is 21.5 Å². The van der Waals surface area contributed by atoms with Crippen LogP contribution in [0, 0.1) is 6.92 Å². The van der Waals surface area contributed by atoms with Crippen molar-refractivity contribution in [2.45, 2.75) is 6.92 Å². The minimum Gasteiger partial charge on any atom is -0.506 e. The van der Waals surface area contributed by atoms with Gasteiger partial charge in [-0.3, -0.25) is 4.79 Å². The Hall–Kier alpha value is -2.04. The summed E-state index contributed by atoms with van der Waals surface area (Å²) in [6.07, 6.45) is 1.30. The highest BCUT2D eigenvalue weighted by atomic mass is 35.5. The summed E-state index contributed by atoms with van der Waals surface area (Å²) in [5.41, 5.74) is 4.29. The molecule has 2 aromatic carbocycles. The minimum atomic E-state index is -0.342. The number of hydrazone groups is 1. The third kappa shape index (κ3) is 3.74. The van der Waals surface area contributed by atoms with Gasteiger partial charge in [-0.05, 0) is 31.2 Å². The molecule has 2 N–H and O–H groups in total. The number of phenolic OH excluding ortho intramolecular Hbond substituents is 1. The number of rotatable bonds is 3. The van der Waals surface area contributed by atoms with Crippen LogP contribution in [-0.4, -0.2) is 17.2 Å². The molecule has 0 bridgehead atoms. The third-order valence-corrected chi connectivity index (χ3v) is 3.58. The minimum absolute atomic E-state index is 0.0467. The molecule has 0 fully saturated rings. The molecule has 2 rings (SSSR count). The number of aryl methyl sites for hydroxylation is 1. The fourth-order valence-electron chi connectivity index (χ4n) is 1.59. The Morgan fingerprint density at radius 1 is 1.19 bits per heavy atom. The van der Waals surface area contributed by atoms with Gasteiger partial charge in [-0.2, -0.15) is 5.10 Å². The van der Waals surface area contributed by atoms with Gasteiger partial charge in [0.25, 0.3) is 5.91 Å². The van der Waals surface area contributed by atoms with Crippen molar-refractivity contribution >= 4 is 35.3 Å². The van der Waals surface area contributed by atoms with Gasteiger partial charge in [0.15, 0.2) is 0 Å². The molecule has 0 saturated heterocycles. The van der Waals surface area contributed by atoms with Crippen molar-refractivity contribution < 1.29 is 9.90 Å². The summed E-state index contributed by atoms with van der Waals surface area (Å²) in [5.74, 6) is -0.525. The molecule has 4 nitrogen and oxygen atoms in total.